The molecular formula is C11H20O3. The average Bonchev–Trinajstić information content (AvgIpc) is 2.19. The lowest BCUT2D eigenvalue weighted by Crippen LogP contribution is -2.22. The van der Waals surface area contributed by atoms with Gasteiger partial charge in [-0.3, -0.25) is 0 Å². The van der Waals surface area contributed by atoms with Crippen LogP contribution in [0.2, 0.25) is 0 Å². The molecule has 3 heteroatoms. The van der Waals surface area contributed by atoms with Crippen molar-refractivity contribution in [3.8, 4) is 0 Å². The summed E-state index contributed by atoms with van der Waals surface area (Å²) in [5.74, 6) is 0. The second-order valence-corrected chi connectivity index (χ2v) is 2.96. The van der Waals surface area contributed by atoms with E-state index >= 15 is 0 Å². The maximum absolute atomic E-state index is 9.35. The van der Waals surface area contributed by atoms with E-state index in [1.54, 1.807) is 12.2 Å². The van der Waals surface area contributed by atoms with E-state index in [4.69, 9.17) is 9.47 Å². The number of hydrogen-bond donors (Lipinski definition) is 1. The molecule has 0 aliphatic rings. The van der Waals surface area contributed by atoms with Crippen LogP contribution in [0.15, 0.2) is 25.3 Å². The van der Waals surface area contributed by atoms with Crippen LogP contribution < -0.4 is 0 Å². The number of hydrogen-bond acceptors (Lipinski definition) is 3. The standard InChI is InChI=1S/C11H20O3/c1-3-5-7-13-9-11(12)10-14-8-6-4-2/h3-4,11-12H,1-2,5-10H2. The molecule has 3 nitrogen and oxygen atoms in total. The van der Waals surface area contributed by atoms with Gasteiger partial charge in [0.1, 0.15) is 6.10 Å². The molecule has 0 aromatic heterocycles. The zero-order valence-corrected chi connectivity index (χ0v) is 8.65. The number of aliphatic hydroxyl groups is 1. The van der Waals surface area contributed by atoms with E-state index in [1.807, 2.05) is 0 Å². The first-order valence-electron chi connectivity index (χ1n) is 4.86. The van der Waals surface area contributed by atoms with Crippen molar-refractivity contribution in [2.75, 3.05) is 26.4 Å². The smallest absolute Gasteiger partial charge is 0.101 e. The van der Waals surface area contributed by atoms with Gasteiger partial charge in [0.2, 0.25) is 0 Å². The Morgan fingerprint density at radius 1 is 1.00 bits per heavy atom. The summed E-state index contributed by atoms with van der Waals surface area (Å²) in [6.07, 6.45) is 4.65. The molecule has 0 aliphatic carbocycles. The Hall–Kier alpha value is -0.640. The van der Waals surface area contributed by atoms with Crippen molar-refractivity contribution in [2.45, 2.75) is 18.9 Å². The van der Waals surface area contributed by atoms with Crippen LogP contribution in [0.5, 0.6) is 0 Å². The lowest BCUT2D eigenvalue weighted by molar-refractivity contribution is -0.0169. The van der Waals surface area contributed by atoms with Gasteiger partial charge in [-0.2, -0.15) is 0 Å². The van der Waals surface area contributed by atoms with E-state index in [1.165, 1.54) is 0 Å². The van der Waals surface area contributed by atoms with E-state index in [2.05, 4.69) is 13.2 Å². The number of ether oxygens (including phenoxy) is 2. The van der Waals surface area contributed by atoms with Crippen molar-refractivity contribution in [3.05, 3.63) is 25.3 Å². The van der Waals surface area contributed by atoms with Crippen molar-refractivity contribution in [1.82, 2.24) is 0 Å². The molecule has 1 N–H and O–H groups in total. The Kier molecular flexibility index (Phi) is 9.96. The molecule has 0 heterocycles. The largest absolute Gasteiger partial charge is 0.388 e. The first-order valence-corrected chi connectivity index (χ1v) is 4.86. The Bertz CT molecular complexity index is 129. The maximum atomic E-state index is 9.35. The minimum absolute atomic E-state index is 0.321. The monoisotopic (exact) mass is 200 g/mol. The Morgan fingerprint density at radius 2 is 1.43 bits per heavy atom. The molecule has 0 saturated heterocycles. The molecule has 0 atom stereocenters. The van der Waals surface area contributed by atoms with E-state index in [-0.39, 0.29) is 0 Å². The lowest BCUT2D eigenvalue weighted by Gasteiger charge is -2.10. The fraction of sp³-hybridized carbons (Fsp3) is 0.636. The summed E-state index contributed by atoms with van der Waals surface area (Å²) in [5.41, 5.74) is 0. The Balaban J connectivity index is 3.14. The Labute approximate surface area is 86.0 Å². The van der Waals surface area contributed by atoms with Crippen LogP contribution in [0.1, 0.15) is 12.8 Å². The van der Waals surface area contributed by atoms with Gasteiger partial charge in [-0.1, -0.05) is 12.2 Å². The van der Waals surface area contributed by atoms with Gasteiger partial charge in [0.05, 0.1) is 26.4 Å². The van der Waals surface area contributed by atoms with E-state index in [0.29, 0.717) is 26.4 Å². The molecule has 82 valence electrons. The second-order valence-electron chi connectivity index (χ2n) is 2.96. The molecular weight excluding hydrogens is 180 g/mol. The van der Waals surface area contributed by atoms with Crippen molar-refractivity contribution in [3.63, 3.8) is 0 Å². The second kappa shape index (κ2) is 10.4. The van der Waals surface area contributed by atoms with Gasteiger partial charge in [-0.15, -0.1) is 13.2 Å². The normalized spacial score (nSPS) is 10.4. The molecule has 0 amide bonds. The minimum Gasteiger partial charge on any atom is -0.388 e. The predicted octanol–water partition coefficient (Wildman–Crippen LogP) is 1.53. The van der Waals surface area contributed by atoms with Crippen molar-refractivity contribution >= 4 is 0 Å². The summed E-state index contributed by atoms with van der Waals surface area (Å²) in [6, 6.07) is 0. The summed E-state index contributed by atoms with van der Waals surface area (Å²) < 4.78 is 10.3. The zero-order valence-electron chi connectivity index (χ0n) is 8.65. The topological polar surface area (TPSA) is 38.7 Å². The third kappa shape index (κ3) is 9.45. The summed E-state index contributed by atoms with van der Waals surface area (Å²) in [7, 11) is 0. The van der Waals surface area contributed by atoms with E-state index in [0.717, 1.165) is 12.8 Å². The quantitative estimate of drug-likeness (QED) is 0.429. The van der Waals surface area contributed by atoms with Gasteiger partial charge in [0.15, 0.2) is 0 Å². The summed E-state index contributed by atoms with van der Waals surface area (Å²) in [6.45, 7) is 8.99. The van der Waals surface area contributed by atoms with Gasteiger partial charge >= 0.3 is 0 Å². The molecule has 0 radical (unpaired) electrons. The van der Waals surface area contributed by atoms with Crippen LogP contribution >= 0.6 is 0 Å². The third-order valence-electron chi connectivity index (χ3n) is 1.55. The molecule has 0 fully saturated rings. The SMILES string of the molecule is C=CCCOCC(O)COCCC=C. The fourth-order valence-corrected chi connectivity index (χ4v) is 0.820. The molecule has 0 aromatic carbocycles. The van der Waals surface area contributed by atoms with Crippen LogP contribution in [0.25, 0.3) is 0 Å². The molecule has 0 aromatic rings. The van der Waals surface area contributed by atoms with Crippen LogP contribution in [0.3, 0.4) is 0 Å². The summed E-state index contributed by atoms with van der Waals surface area (Å²) in [5, 5.41) is 9.35. The molecule has 0 aliphatic heterocycles. The Morgan fingerprint density at radius 3 is 1.79 bits per heavy atom. The summed E-state index contributed by atoms with van der Waals surface area (Å²) in [4.78, 5) is 0. The first kappa shape index (κ1) is 13.4. The highest BCUT2D eigenvalue weighted by molar-refractivity contribution is 4.66. The highest BCUT2D eigenvalue weighted by Gasteiger charge is 2.03. The molecule has 0 bridgehead atoms. The lowest BCUT2D eigenvalue weighted by atomic mass is 10.4. The van der Waals surface area contributed by atoms with Crippen LogP contribution in [-0.2, 0) is 9.47 Å². The highest BCUT2D eigenvalue weighted by atomic mass is 16.5. The van der Waals surface area contributed by atoms with Gasteiger partial charge in [0, 0.05) is 0 Å². The molecule has 0 spiro atoms. The molecule has 0 rings (SSSR count). The van der Waals surface area contributed by atoms with Crippen LogP contribution in [0.4, 0.5) is 0 Å². The molecule has 14 heavy (non-hydrogen) atoms. The van der Waals surface area contributed by atoms with Gasteiger partial charge in [0.25, 0.3) is 0 Å². The van der Waals surface area contributed by atoms with E-state index < -0.39 is 6.10 Å². The van der Waals surface area contributed by atoms with Gasteiger partial charge in [-0.25, -0.2) is 0 Å². The molecule has 0 saturated carbocycles. The fourth-order valence-electron chi connectivity index (χ4n) is 0.820. The molecule has 0 unspecified atom stereocenters. The first-order chi connectivity index (χ1) is 6.81. The predicted molar refractivity (Wildman–Crippen MR) is 57.3 cm³/mol. The van der Waals surface area contributed by atoms with Crippen LogP contribution in [0, 0.1) is 0 Å². The maximum Gasteiger partial charge on any atom is 0.101 e. The van der Waals surface area contributed by atoms with Gasteiger partial charge < -0.3 is 14.6 Å². The summed E-state index contributed by atoms with van der Waals surface area (Å²) >= 11 is 0. The minimum atomic E-state index is -0.537. The zero-order chi connectivity index (χ0) is 10.6. The van der Waals surface area contributed by atoms with E-state index in [9.17, 15) is 5.11 Å². The number of rotatable bonds is 10. The average molecular weight is 200 g/mol. The van der Waals surface area contributed by atoms with Gasteiger partial charge in [-0.05, 0) is 12.8 Å². The third-order valence-corrected chi connectivity index (χ3v) is 1.55. The highest BCUT2D eigenvalue weighted by Crippen LogP contribution is 1.91. The number of aliphatic hydroxyl groups excluding tert-OH is 1. The van der Waals surface area contributed by atoms with Crippen LogP contribution in [-0.4, -0.2) is 37.6 Å². The van der Waals surface area contributed by atoms with Crippen molar-refractivity contribution in [2.24, 2.45) is 0 Å². The van der Waals surface area contributed by atoms with Crippen molar-refractivity contribution in [1.29, 1.82) is 0 Å². The van der Waals surface area contributed by atoms with Crippen molar-refractivity contribution < 1.29 is 14.6 Å².